The zero-order valence-corrected chi connectivity index (χ0v) is 6.90. The van der Waals surface area contributed by atoms with Crippen molar-refractivity contribution in [3.8, 4) is 0 Å². The largest absolute Gasteiger partial charge is 0.396 e. The molecule has 2 N–H and O–H groups in total. The van der Waals surface area contributed by atoms with Crippen molar-refractivity contribution < 1.29 is 5.11 Å². The number of aliphatic hydroxyl groups is 1. The number of nitrogens with zero attached hydrogens (tertiary/aromatic N) is 2. The zero-order valence-electron chi connectivity index (χ0n) is 6.90. The van der Waals surface area contributed by atoms with Crippen LogP contribution in [0, 0.1) is 5.92 Å². The molecule has 0 bridgehead atoms. The maximum atomic E-state index is 8.76. The van der Waals surface area contributed by atoms with Crippen LogP contribution in [0.4, 0.5) is 5.82 Å². The lowest BCUT2D eigenvalue weighted by Gasteiger charge is -2.24. The molecule has 2 rings (SSSR count). The third-order valence-electron chi connectivity index (χ3n) is 2.26. The molecule has 0 spiro atoms. The van der Waals surface area contributed by atoms with Crippen molar-refractivity contribution in [3.63, 3.8) is 0 Å². The van der Waals surface area contributed by atoms with Gasteiger partial charge in [0, 0.05) is 25.8 Å². The second kappa shape index (κ2) is 3.15. The lowest BCUT2D eigenvalue weighted by molar-refractivity contribution is 0.244. The summed E-state index contributed by atoms with van der Waals surface area (Å²) in [6.07, 6.45) is 2.65. The third kappa shape index (κ3) is 1.30. The average molecular weight is 167 g/mol. The van der Waals surface area contributed by atoms with Gasteiger partial charge in [-0.2, -0.15) is 5.10 Å². The number of hydrogen-bond donors (Lipinski definition) is 2. The monoisotopic (exact) mass is 167 g/mol. The Bertz CT molecular complexity index is 259. The Morgan fingerprint density at radius 1 is 1.75 bits per heavy atom. The molecule has 1 aromatic rings. The van der Waals surface area contributed by atoms with E-state index in [4.69, 9.17) is 5.11 Å². The predicted octanol–water partition coefficient (Wildman–Crippen LogP) is 0.307. The van der Waals surface area contributed by atoms with E-state index in [1.54, 1.807) is 6.20 Å². The van der Waals surface area contributed by atoms with E-state index >= 15 is 0 Å². The lowest BCUT2D eigenvalue weighted by atomic mass is 10.1. The lowest BCUT2D eigenvalue weighted by Crippen LogP contribution is -2.28. The number of nitrogens with one attached hydrogen (secondary N) is 1. The van der Waals surface area contributed by atoms with Crippen molar-refractivity contribution in [1.29, 1.82) is 0 Å². The number of hydrogen-bond acceptors (Lipinski definition) is 3. The van der Waals surface area contributed by atoms with Gasteiger partial charge in [0.2, 0.25) is 0 Å². The van der Waals surface area contributed by atoms with Gasteiger partial charge in [-0.05, 0) is 12.3 Å². The van der Waals surface area contributed by atoms with E-state index in [1.165, 1.54) is 0 Å². The molecule has 0 amide bonds. The van der Waals surface area contributed by atoms with Crippen LogP contribution in [0.3, 0.4) is 0 Å². The second-order valence-electron chi connectivity index (χ2n) is 3.16. The fourth-order valence-corrected chi connectivity index (χ4v) is 1.56. The van der Waals surface area contributed by atoms with Gasteiger partial charge < -0.3 is 10.4 Å². The SMILES string of the molecule is OCCC1CNc2ccnn2C1. The van der Waals surface area contributed by atoms with Gasteiger partial charge in [-0.25, -0.2) is 4.68 Å². The highest BCUT2D eigenvalue weighted by atomic mass is 16.3. The van der Waals surface area contributed by atoms with Gasteiger partial charge in [-0.1, -0.05) is 0 Å². The van der Waals surface area contributed by atoms with E-state index in [2.05, 4.69) is 10.4 Å². The first-order valence-electron chi connectivity index (χ1n) is 4.26. The molecule has 1 aliphatic rings. The van der Waals surface area contributed by atoms with Gasteiger partial charge >= 0.3 is 0 Å². The molecule has 0 saturated carbocycles. The summed E-state index contributed by atoms with van der Waals surface area (Å²) in [4.78, 5) is 0. The highest BCUT2D eigenvalue weighted by Crippen LogP contribution is 2.17. The van der Waals surface area contributed by atoms with Crippen LogP contribution in [0.1, 0.15) is 6.42 Å². The van der Waals surface area contributed by atoms with Crippen LogP contribution in [-0.4, -0.2) is 28.0 Å². The summed E-state index contributed by atoms with van der Waals surface area (Å²) in [5.41, 5.74) is 0. The molecule has 0 radical (unpaired) electrons. The first kappa shape index (κ1) is 7.61. The Morgan fingerprint density at radius 2 is 2.67 bits per heavy atom. The van der Waals surface area contributed by atoms with Gasteiger partial charge in [0.25, 0.3) is 0 Å². The summed E-state index contributed by atoms with van der Waals surface area (Å²) in [6.45, 7) is 2.14. The van der Waals surface area contributed by atoms with Crippen LogP contribution >= 0.6 is 0 Å². The average Bonchev–Trinajstić information content (AvgIpc) is 2.51. The van der Waals surface area contributed by atoms with Gasteiger partial charge in [-0.15, -0.1) is 0 Å². The molecule has 0 aromatic carbocycles. The molecule has 1 atom stereocenters. The molecule has 12 heavy (non-hydrogen) atoms. The van der Waals surface area contributed by atoms with Gasteiger partial charge in [-0.3, -0.25) is 0 Å². The van der Waals surface area contributed by atoms with Crippen LogP contribution in [0.5, 0.6) is 0 Å². The summed E-state index contributed by atoms with van der Waals surface area (Å²) < 4.78 is 1.95. The molecule has 0 aliphatic carbocycles. The molecule has 1 aliphatic heterocycles. The quantitative estimate of drug-likeness (QED) is 0.666. The Labute approximate surface area is 71.2 Å². The number of aromatic nitrogens is 2. The summed E-state index contributed by atoms with van der Waals surface area (Å²) in [5.74, 6) is 1.60. The van der Waals surface area contributed by atoms with Gasteiger partial charge in [0.1, 0.15) is 5.82 Å². The minimum atomic E-state index is 0.267. The van der Waals surface area contributed by atoms with Crippen LogP contribution in [0.2, 0.25) is 0 Å². The zero-order chi connectivity index (χ0) is 8.39. The van der Waals surface area contributed by atoms with E-state index in [9.17, 15) is 0 Å². The molecule has 1 aromatic heterocycles. The van der Waals surface area contributed by atoms with Gasteiger partial charge in [0.15, 0.2) is 0 Å². The fraction of sp³-hybridized carbons (Fsp3) is 0.625. The molecule has 0 fully saturated rings. The number of anilines is 1. The normalized spacial score (nSPS) is 21.6. The topological polar surface area (TPSA) is 50.1 Å². The van der Waals surface area contributed by atoms with Crippen molar-refractivity contribution in [1.82, 2.24) is 9.78 Å². The Kier molecular flexibility index (Phi) is 1.99. The summed E-state index contributed by atoms with van der Waals surface area (Å²) in [5, 5.41) is 16.2. The minimum absolute atomic E-state index is 0.267. The highest BCUT2D eigenvalue weighted by molar-refractivity contribution is 5.35. The summed E-state index contributed by atoms with van der Waals surface area (Å²) in [7, 11) is 0. The smallest absolute Gasteiger partial charge is 0.124 e. The van der Waals surface area contributed by atoms with Crippen LogP contribution < -0.4 is 5.32 Å². The first-order chi connectivity index (χ1) is 5.90. The maximum Gasteiger partial charge on any atom is 0.124 e. The second-order valence-corrected chi connectivity index (χ2v) is 3.16. The van der Waals surface area contributed by atoms with Crippen molar-refractivity contribution in [2.45, 2.75) is 13.0 Å². The molecular formula is C8H13N3O. The highest BCUT2D eigenvalue weighted by Gasteiger charge is 2.16. The minimum Gasteiger partial charge on any atom is -0.396 e. The Morgan fingerprint density at radius 3 is 3.50 bits per heavy atom. The molecule has 66 valence electrons. The number of rotatable bonds is 2. The standard InChI is InChI=1S/C8H13N3O/c12-4-2-7-5-9-8-1-3-10-11(8)6-7/h1,3,7,9,12H,2,4-6H2. The fourth-order valence-electron chi connectivity index (χ4n) is 1.56. The maximum absolute atomic E-state index is 8.76. The molecule has 4 nitrogen and oxygen atoms in total. The van der Waals surface area contributed by atoms with E-state index in [0.29, 0.717) is 5.92 Å². The van der Waals surface area contributed by atoms with Gasteiger partial charge in [0.05, 0.1) is 6.20 Å². The molecular weight excluding hydrogens is 154 g/mol. The van der Waals surface area contributed by atoms with E-state index < -0.39 is 0 Å². The molecule has 2 heterocycles. The van der Waals surface area contributed by atoms with Crippen molar-refractivity contribution >= 4 is 5.82 Å². The molecule has 4 heteroatoms. The Balaban J connectivity index is 2.05. The summed E-state index contributed by atoms with van der Waals surface area (Å²) in [6, 6.07) is 1.97. The van der Waals surface area contributed by atoms with Crippen molar-refractivity contribution in [3.05, 3.63) is 12.3 Å². The predicted molar refractivity (Wildman–Crippen MR) is 45.9 cm³/mol. The first-order valence-corrected chi connectivity index (χ1v) is 4.26. The van der Waals surface area contributed by atoms with E-state index in [1.807, 2.05) is 10.7 Å². The molecule has 1 unspecified atom stereocenters. The molecule has 0 saturated heterocycles. The van der Waals surface area contributed by atoms with Crippen LogP contribution in [0.15, 0.2) is 12.3 Å². The van der Waals surface area contributed by atoms with Crippen LogP contribution in [-0.2, 0) is 6.54 Å². The number of fused-ring (bicyclic) bond motifs is 1. The third-order valence-corrected chi connectivity index (χ3v) is 2.26. The van der Waals surface area contributed by atoms with Crippen LogP contribution in [0.25, 0.3) is 0 Å². The number of aliphatic hydroxyl groups excluding tert-OH is 1. The Hall–Kier alpha value is -1.03. The van der Waals surface area contributed by atoms with E-state index in [-0.39, 0.29) is 6.61 Å². The van der Waals surface area contributed by atoms with E-state index in [0.717, 1.165) is 25.3 Å². The summed E-state index contributed by atoms with van der Waals surface area (Å²) >= 11 is 0. The van der Waals surface area contributed by atoms with Crippen molar-refractivity contribution in [2.24, 2.45) is 5.92 Å². The van der Waals surface area contributed by atoms with Crippen molar-refractivity contribution in [2.75, 3.05) is 18.5 Å².